The number of hydrogen-bond donors (Lipinski definition) is 1. The second-order valence-corrected chi connectivity index (χ2v) is 3.55. The zero-order valence-corrected chi connectivity index (χ0v) is 8.44. The monoisotopic (exact) mass is 202 g/mol. The van der Waals surface area contributed by atoms with Crippen LogP contribution in [-0.4, -0.2) is 23.2 Å². The molecule has 80 valence electrons. The maximum atomic E-state index is 11.0. The number of alkyl carbamates (subject to hydrolysis) is 1. The van der Waals surface area contributed by atoms with Crippen molar-refractivity contribution in [3.8, 4) is 0 Å². The lowest BCUT2D eigenvalue weighted by molar-refractivity contribution is -0.402. The second kappa shape index (κ2) is 5.21. The van der Waals surface area contributed by atoms with Crippen LogP contribution in [0.1, 0.15) is 20.8 Å². The molecular weight excluding hydrogens is 188 g/mol. The summed E-state index contributed by atoms with van der Waals surface area (Å²) in [7, 11) is 0. The summed E-state index contributed by atoms with van der Waals surface area (Å²) in [6.45, 7) is 5.29. The van der Waals surface area contributed by atoms with Gasteiger partial charge in [0, 0.05) is 12.6 Å². The first-order chi connectivity index (χ1) is 6.31. The van der Waals surface area contributed by atoms with Gasteiger partial charge in [-0.15, -0.1) is 0 Å². The Morgan fingerprint density at radius 1 is 1.57 bits per heavy atom. The third-order valence-electron chi connectivity index (χ3n) is 0.990. The Morgan fingerprint density at radius 2 is 2.14 bits per heavy atom. The third kappa shape index (κ3) is 8.51. The Hall–Kier alpha value is -1.59. The van der Waals surface area contributed by atoms with Crippen molar-refractivity contribution in [2.45, 2.75) is 26.4 Å². The van der Waals surface area contributed by atoms with Gasteiger partial charge >= 0.3 is 6.09 Å². The summed E-state index contributed by atoms with van der Waals surface area (Å²) in [5.41, 5.74) is -0.559. The normalized spacial score (nSPS) is 11.4. The highest BCUT2D eigenvalue weighted by molar-refractivity contribution is 5.67. The number of carbonyl (C=O) groups excluding carboxylic acids is 1. The van der Waals surface area contributed by atoms with Crippen LogP contribution in [0.25, 0.3) is 0 Å². The molecule has 0 saturated carbocycles. The highest BCUT2D eigenvalue weighted by Crippen LogP contribution is 2.05. The van der Waals surface area contributed by atoms with Gasteiger partial charge < -0.3 is 10.1 Å². The topological polar surface area (TPSA) is 81.5 Å². The molecule has 0 fully saturated rings. The summed E-state index contributed by atoms with van der Waals surface area (Å²) in [5, 5.41) is 12.2. The van der Waals surface area contributed by atoms with E-state index >= 15 is 0 Å². The molecular formula is C8H14N2O4. The van der Waals surface area contributed by atoms with E-state index in [4.69, 9.17) is 4.74 Å². The Bertz CT molecular complexity index is 242. The zero-order chi connectivity index (χ0) is 11.2. The lowest BCUT2D eigenvalue weighted by Gasteiger charge is -2.19. The average molecular weight is 202 g/mol. The standard InChI is InChI=1S/C8H14N2O4/c1-8(2,3)14-7(11)9-5-4-6-10(12)13/h4,6H,5H2,1-3H3,(H,9,11)/b6-4+. The first-order valence-electron chi connectivity index (χ1n) is 4.08. The molecule has 0 aliphatic carbocycles. The van der Waals surface area contributed by atoms with Crippen molar-refractivity contribution in [1.29, 1.82) is 0 Å². The van der Waals surface area contributed by atoms with Gasteiger partial charge in [-0.05, 0) is 20.8 Å². The van der Waals surface area contributed by atoms with E-state index in [-0.39, 0.29) is 6.54 Å². The van der Waals surface area contributed by atoms with Gasteiger partial charge in [0.05, 0.1) is 4.92 Å². The Kier molecular flexibility index (Phi) is 4.62. The van der Waals surface area contributed by atoms with E-state index in [1.165, 1.54) is 6.08 Å². The largest absolute Gasteiger partial charge is 0.444 e. The van der Waals surface area contributed by atoms with E-state index in [0.717, 1.165) is 6.20 Å². The van der Waals surface area contributed by atoms with Gasteiger partial charge in [0.2, 0.25) is 6.20 Å². The fraction of sp³-hybridized carbons (Fsp3) is 0.625. The van der Waals surface area contributed by atoms with E-state index in [1.807, 2.05) is 0 Å². The SMILES string of the molecule is CC(C)(C)OC(=O)NC/C=C/[N+](=O)[O-]. The Balaban J connectivity index is 3.71. The van der Waals surface area contributed by atoms with E-state index in [0.29, 0.717) is 0 Å². The number of nitro groups is 1. The van der Waals surface area contributed by atoms with Crippen LogP contribution >= 0.6 is 0 Å². The van der Waals surface area contributed by atoms with Crippen LogP contribution in [0.5, 0.6) is 0 Å². The Labute approximate surface area is 82.1 Å². The van der Waals surface area contributed by atoms with Crippen LogP contribution in [0.2, 0.25) is 0 Å². The van der Waals surface area contributed by atoms with Crippen LogP contribution < -0.4 is 5.32 Å². The van der Waals surface area contributed by atoms with Gasteiger partial charge in [0.25, 0.3) is 0 Å². The van der Waals surface area contributed by atoms with Crippen molar-refractivity contribution in [2.75, 3.05) is 6.54 Å². The number of nitrogens with one attached hydrogen (secondary N) is 1. The molecule has 0 unspecified atom stereocenters. The number of ether oxygens (including phenoxy) is 1. The summed E-state index contributed by atoms with van der Waals surface area (Å²) < 4.78 is 4.89. The molecule has 0 aliphatic heterocycles. The van der Waals surface area contributed by atoms with Crippen molar-refractivity contribution in [3.05, 3.63) is 22.4 Å². The number of hydrogen-bond acceptors (Lipinski definition) is 4. The number of amides is 1. The van der Waals surface area contributed by atoms with E-state index < -0.39 is 16.6 Å². The van der Waals surface area contributed by atoms with Crippen LogP contribution in [-0.2, 0) is 4.74 Å². The molecule has 6 nitrogen and oxygen atoms in total. The fourth-order valence-corrected chi connectivity index (χ4v) is 0.595. The summed E-state index contributed by atoms with van der Waals surface area (Å²) in [6.07, 6.45) is 1.40. The lowest BCUT2D eigenvalue weighted by Crippen LogP contribution is -2.32. The lowest BCUT2D eigenvalue weighted by atomic mass is 10.2. The maximum absolute atomic E-state index is 11.0. The minimum Gasteiger partial charge on any atom is -0.444 e. The molecule has 0 rings (SSSR count). The third-order valence-corrected chi connectivity index (χ3v) is 0.990. The molecule has 6 heteroatoms. The first kappa shape index (κ1) is 12.4. The van der Waals surface area contributed by atoms with E-state index in [2.05, 4.69) is 5.32 Å². The van der Waals surface area contributed by atoms with Crippen molar-refractivity contribution in [2.24, 2.45) is 0 Å². The van der Waals surface area contributed by atoms with Crippen LogP contribution in [0.4, 0.5) is 4.79 Å². The summed E-state index contributed by atoms with van der Waals surface area (Å²) >= 11 is 0. The van der Waals surface area contributed by atoms with Crippen molar-refractivity contribution >= 4 is 6.09 Å². The predicted molar refractivity (Wildman–Crippen MR) is 50.4 cm³/mol. The molecule has 0 radical (unpaired) electrons. The first-order valence-corrected chi connectivity index (χ1v) is 4.08. The maximum Gasteiger partial charge on any atom is 0.407 e. The van der Waals surface area contributed by atoms with Gasteiger partial charge in [-0.25, -0.2) is 4.79 Å². The summed E-state index contributed by atoms with van der Waals surface area (Å²) in [5.74, 6) is 0. The highest BCUT2D eigenvalue weighted by Gasteiger charge is 2.14. The average Bonchev–Trinajstić information content (AvgIpc) is 1.94. The number of nitrogens with zero attached hydrogens (tertiary/aromatic N) is 1. The van der Waals surface area contributed by atoms with E-state index in [9.17, 15) is 14.9 Å². The minimum atomic E-state index is -0.600. The molecule has 0 heterocycles. The van der Waals surface area contributed by atoms with Crippen LogP contribution in [0.3, 0.4) is 0 Å². The summed E-state index contributed by atoms with van der Waals surface area (Å²) in [6, 6.07) is 0. The molecule has 0 bridgehead atoms. The molecule has 14 heavy (non-hydrogen) atoms. The van der Waals surface area contributed by atoms with Gasteiger partial charge in [-0.2, -0.15) is 0 Å². The molecule has 0 aliphatic rings. The van der Waals surface area contributed by atoms with Crippen molar-refractivity contribution in [1.82, 2.24) is 5.32 Å². The van der Waals surface area contributed by atoms with Crippen LogP contribution in [0, 0.1) is 10.1 Å². The number of carbonyl (C=O) groups is 1. The molecule has 0 atom stereocenters. The molecule has 1 N–H and O–H groups in total. The molecule has 0 aromatic rings. The highest BCUT2D eigenvalue weighted by atomic mass is 16.6. The molecule has 0 spiro atoms. The zero-order valence-electron chi connectivity index (χ0n) is 8.44. The van der Waals surface area contributed by atoms with Crippen molar-refractivity contribution in [3.63, 3.8) is 0 Å². The van der Waals surface area contributed by atoms with Crippen molar-refractivity contribution < 1.29 is 14.5 Å². The Morgan fingerprint density at radius 3 is 2.57 bits per heavy atom. The molecule has 0 aromatic heterocycles. The van der Waals surface area contributed by atoms with Gasteiger partial charge in [-0.3, -0.25) is 10.1 Å². The molecule has 1 amide bonds. The van der Waals surface area contributed by atoms with Gasteiger partial charge in [0.1, 0.15) is 5.60 Å². The van der Waals surface area contributed by atoms with Crippen LogP contribution in [0.15, 0.2) is 12.3 Å². The smallest absolute Gasteiger partial charge is 0.407 e. The van der Waals surface area contributed by atoms with Gasteiger partial charge in [0.15, 0.2) is 0 Å². The van der Waals surface area contributed by atoms with E-state index in [1.54, 1.807) is 20.8 Å². The number of rotatable bonds is 3. The minimum absolute atomic E-state index is 0.0793. The van der Waals surface area contributed by atoms with Gasteiger partial charge in [-0.1, -0.05) is 0 Å². The quantitative estimate of drug-likeness (QED) is 0.552. The fourth-order valence-electron chi connectivity index (χ4n) is 0.595. The summed E-state index contributed by atoms with van der Waals surface area (Å²) in [4.78, 5) is 20.2. The second-order valence-electron chi connectivity index (χ2n) is 3.55. The predicted octanol–water partition coefficient (Wildman–Crippen LogP) is 1.30. The molecule has 0 aromatic carbocycles. The molecule has 0 saturated heterocycles.